The van der Waals surface area contributed by atoms with Crippen molar-refractivity contribution in [3.63, 3.8) is 0 Å². The van der Waals surface area contributed by atoms with E-state index in [9.17, 15) is 19.7 Å². The fourth-order valence-electron chi connectivity index (χ4n) is 2.20. The van der Waals surface area contributed by atoms with Gasteiger partial charge in [0.25, 0.3) is 17.5 Å². The summed E-state index contributed by atoms with van der Waals surface area (Å²) in [6.45, 7) is 1.96. The number of aryl methyl sites for hydroxylation is 1. The Balaban J connectivity index is 1.84. The van der Waals surface area contributed by atoms with Gasteiger partial charge in [0.2, 0.25) is 0 Å². The maximum atomic E-state index is 12.0. The molecular weight excluding hydrogens is 381 g/mol. The van der Waals surface area contributed by atoms with Crippen LogP contribution < -0.4 is 10.6 Å². The third kappa shape index (κ3) is 4.93. The van der Waals surface area contributed by atoms with Gasteiger partial charge >= 0.3 is 0 Å². The number of benzene rings is 2. The first kappa shape index (κ1) is 19.7. The number of amides is 2. The van der Waals surface area contributed by atoms with Crippen molar-refractivity contribution in [3.05, 3.63) is 73.2 Å². The van der Waals surface area contributed by atoms with Crippen molar-refractivity contribution in [1.82, 2.24) is 10.6 Å². The van der Waals surface area contributed by atoms with Crippen LogP contribution in [0.1, 0.15) is 26.3 Å². The Morgan fingerprint density at radius 1 is 0.962 bits per heavy atom. The Kier molecular flexibility index (Phi) is 6.54. The number of hydrogen-bond donors (Lipinski definition) is 2. The van der Waals surface area contributed by atoms with Gasteiger partial charge in [0.15, 0.2) is 0 Å². The van der Waals surface area contributed by atoms with Crippen LogP contribution >= 0.6 is 23.2 Å². The number of rotatable bonds is 6. The summed E-state index contributed by atoms with van der Waals surface area (Å²) < 4.78 is 0. The first-order valence-corrected chi connectivity index (χ1v) is 8.31. The van der Waals surface area contributed by atoms with Gasteiger partial charge in [0.05, 0.1) is 15.0 Å². The summed E-state index contributed by atoms with van der Waals surface area (Å²) in [6.07, 6.45) is 0. The number of nitrogens with one attached hydrogen (secondary N) is 2. The molecule has 2 rings (SSSR count). The predicted molar refractivity (Wildman–Crippen MR) is 99.0 cm³/mol. The summed E-state index contributed by atoms with van der Waals surface area (Å²) in [5, 5.41) is 16.7. The van der Waals surface area contributed by atoms with E-state index in [-0.39, 0.29) is 35.6 Å². The summed E-state index contributed by atoms with van der Waals surface area (Å²) in [7, 11) is 0. The van der Waals surface area contributed by atoms with Crippen molar-refractivity contribution in [2.24, 2.45) is 0 Å². The second kappa shape index (κ2) is 8.64. The number of carbonyl (C=O) groups excluding carboxylic acids is 2. The van der Waals surface area contributed by atoms with E-state index in [4.69, 9.17) is 23.2 Å². The summed E-state index contributed by atoms with van der Waals surface area (Å²) >= 11 is 11.7. The van der Waals surface area contributed by atoms with Gasteiger partial charge in [-0.25, -0.2) is 0 Å². The standard InChI is InChI=1S/C17H15Cl2N3O4/c1-10-8-11(3-5-15(10)22(25)26)16(23)20-6-7-21-17(24)12-2-4-13(18)14(19)9-12/h2-5,8-9H,6-7H2,1H3,(H,20,23)(H,21,24). The fourth-order valence-corrected chi connectivity index (χ4v) is 2.49. The third-order valence-corrected chi connectivity index (χ3v) is 4.27. The van der Waals surface area contributed by atoms with Crippen LogP contribution in [0, 0.1) is 17.0 Å². The zero-order chi connectivity index (χ0) is 19.3. The average Bonchev–Trinajstić information content (AvgIpc) is 2.60. The highest BCUT2D eigenvalue weighted by Gasteiger charge is 2.13. The normalized spacial score (nSPS) is 10.3. The molecule has 0 saturated carbocycles. The lowest BCUT2D eigenvalue weighted by Gasteiger charge is -2.08. The summed E-state index contributed by atoms with van der Waals surface area (Å²) in [5.41, 5.74) is 1.02. The van der Waals surface area contributed by atoms with E-state index in [1.807, 2.05) is 0 Å². The van der Waals surface area contributed by atoms with Gasteiger partial charge in [-0.05, 0) is 37.3 Å². The SMILES string of the molecule is Cc1cc(C(=O)NCCNC(=O)c2ccc(Cl)c(Cl)c2)ccc1[N+](=O)[O-]. The molecule has 0 aliphatic rings. The number of nitro groups is 1. The van der Waals surface area contributed by atoms with Gasteiger partial charge in [-0.15, -0.1) is 0 Å². The molecule has 0 spiro atoms. The van der Waals surface area contributed by atoms with E-state index >= 15 is 0 Å². The molecule has 2 aromatic carbocycles. The number of carbonyl (C=O) groups is 2. The molecule has 7 nitrogen and oxygen atoms in total. The third-order valence-electron chi connectivity index (χ3n) is 3.53. The Hall–Kier alpha value is -2.64. The summed E-state index contributed by atoms with van der Waals surface area (Å²) in [4.78, 5) is 34.3. The van der Waals surface area contributed by atoms with Crippen LogP contribution in [0.4, 0.5) is 5.69 Å². The van der Waals surface area contributed by atoms with Crippen LogP contribution in [0.15, 0.2) is 36.4 Å². The lowest BCUT2D eigenvalue weighted by atomic mass is 10.1. The van der Waals surface area contributed by atoms with Crippen molar-refractivity contribution in [3.8, 4) is 0 Å². The van der Waals surface area contributed by atoms with Gasteiger partial charge in [-0.2, -0.15) is 0 Å². The van der Waals surface area contributed by atoms with Gasteiger partial charge in [0.1, 0.15) is 0 Å². The largest absolute Gasteiger partial charge is 0.350 e. The van der Waals surface area contributed by atoms with E-state index in [2.05, 4.69) is 10.6 Å². The molecular formula is C17H15Cl2N3O4. The van der Waals surface area contributed by atoms with E-state index in [0.29, 0.717) is 21.7 Å². The molecule has 0 aliphatic carbocycles. The Morgan fingerprint density at radius 2 is 1.50 bits per heavy atom. The molecule has 0 aliphatic heterocycles. The van der Waals surface area contributed by atoms with Crippen molar-refractivity contribution >= 4 is 40.7 Å². The maximum absolute atomic E-state index is 12.0. The van der Waals surface area contributed by atoms with E-state index in [1.165, 1.54) is 30.3 Å². The second-order valence-corrected chi connectivity index (χ2v) is 6.21. The molecule has 9 heteroatoms. The Labute approximate surface area is 159 Å². The monoisotopic (exact) mass is 395 g/mol. The first-order chi connectivity index (χ1) is 12.3. The molecule has 26 heavy (non-hydrogen) atoms. The van der Waals surface area contributed by atoms with Gasteiger partial charge in [-0.1, -0.05) is 23.2 Å². The highest BCUT2D eigenvalue weighted by atomic mass is 35.5. The molecule has 0 aromatic heterocycles. The lowest BCUT2D eigenvalue weighted by Crippen LogP contribution is -2.34. The van der Waals surface area contributed by atoms with Crippen molar-refractivity contribution < 1.29 is 14.5 Å². The minimum absolute atomic E-state index is 0.0459. The van der Waals surface area contributed by atoms with Crippen LogP contribution in [0.2, 0.25) is 10.0 Å². The maximum Gasteiger partial charge on any atom is 0.272 e. The minimum atomic E-state index is -0.504. The topological polar surface area (TPSA) is 101 Å². The van der Waals surface area contributed by atoms with E-state index in [0.717, 1.165) is 0 Å². The zero-order valence-corrected chi connectivity index (χ0v) is 15.2. The van der Waals surface area contributed by atoms with E-state index < -0.39 is 4.92 Å². The fraction of sp³-hybridized carbons (Fsp3) is 0.176. The average molecular weight is 396 g/mol. The molecule has 0 heterocycles. The lowest BCUT2D eigenvalue weighted by molar-refractivity contribution is -0.385. The Morgan fingerprint density at radius 3 is 2.00 bits per heavy atom. The van der Waals surface area contributed by atoms with Crippen LogP contribution in [-0.4, -0.2) is 29.8 Å². The number of hydrogen-bond acceptors (Lipinski definition) is 4. The van der Waals surface area contributed by atoms with Crippen molar-refractivity contribution in [2.45, 2.75) is 6.92 Å². The highest BCUT2D eigenvalue weighted by Crippen LogP contribution is 2.22. The molecule has 2 N–H and O–H groups in total. The summed E-state index contributed by atoms with van der Waals surface area (Å²) in [5.74, 6) is -0.726. The van der Waals surface area contributed by atoms with Gasteiger partial charge in [0, 0.05) is 35.8 Å². The van der Waals surface area contributed by atoms with Gasteiger partial charge < -0.3 is 10.6 Å². The predicted octanol–water partition coefficient (Wildman–Crippen LogP) is 3.37. The van der Waals surface area contributed by atoms with Crippen LogP contribution in [0.5, 0.6) is 0 Å². The summed E-state index contributed by atoms with van der Waals surface area (Å²) in [6, 6.07) is 8.64. The highest BCUT2D eigenvalue weighted by molar-refractivity contribution is 6.42. The van der Waals surface area contributed by atoms with Crippen LogP contribution in [0.25, 0.3) is 0 Å². The number of nitrogens with zero attached hydrogens (tertiary/aromatic N) is 1. The molecule has 0 radical (unpaired) electrons. The van der Waals surface area contributed by atoms with Crippen molar-refractivity contribution in [2.75, 3.05) is 13.1 Å². The first-order valence-electron chi connectivity index (χ1n) is 7.56. The molecule has 0 saturated heterocycles. The smallest absolute Gasteiger partial charge is 0.272 e. The minimum Gasteiger partial charge on any atom is -0.350 e. The zero-order valence-electron chi connectivity index (χ0n) is 13.7. The van der Waals surface area contributed by atoms with Crippen LogP contribution in [0.3, 0.4) is 0 Å². The molecule has 2 aromatic rings. The number of halogens is 2. The molecule has 136 valence electrons. The second-order valence-electron chi connectivity index (χ2n) is 5.40. The van der Waals surface area contributed by atoms with Crippen LogP contribution in [-0.2, 0) is 0 Å². The molecule has 0 bridgehead atoms. The molecule has 0 fully saturated rings. The molecule has 0 atom stereocenters. The number of nitro benzene ring substituents is 1. The van der Waals surface area contributed by atoms with Gasteiger partial charge in [-0.3, -0.25) is 19.7 Å². The van der Waals surface area contributed by atoms with E-state index in [1.54, 1.807) is 13.0 Å². The molecule has 0 unspecified atom stereocenters. The Bertz CT molecular complexity index is 871. The van der Waals surface area contributed by atoms with Crippen molar-refractivity contribution in [1.29, 1.82) is 0 Å². The quantitative estimate of drug-likeness (QED) is 0.444. The molecule has 2 amide bonds.